The van der Waals surface area contributed by atoms with Gasteiger partial charge in [0.2, 0.25) is 10.0 Å². The highest BCUT2D eigenvalue weighted by Crippen LogP contribution is 2.38. The summed E-state index contributed by atoms with van der Waals surface area (Å²) in [5, 5.41) is 4.98. The summed E-state index contributed by atoms with van der Waals surface area (Å²) in [4.78, 5) is 11.5. The fraction of sp³-hybridized carbons (Fsp3) is 0.412. The van der Waals surface area contributed by atoms with Gasteiger partial charge in [-0.3, -0.25) is 0 Å². The molecule has 7 nitrogen and oxygen atoms in total. The lowest BCUT2D eigenvalue weighted by Gasteiger charge is -2.38. The van der Waals surface area contributed by atoms with Gasteiger partial charge in [0.25, 0.3) is 0 Å². The standard InChI is InChI=1S/C17H20F3N5O2S/c1-11-12(2)22-10-23-16(11)25-7-5-24(6-8-25)15-4-3-13(28(21,26)27)9-14(15)17(18,19)20/h3-4,9-10H,5-8H2,1-2H3,(H2,21,26,27). The molecule has 1 aliphatic heterocycles. The largest absolute Gasteiger partial charge is 0.418 e. The summed E-state index contributed by atoms with van der Waals surface area (Å²) in [6.07, 6.45) is -3.23. The van der Waals surface area contributed by atoms with E-state index in [4.69, 9.17) is 5.14 Å². The Bertz CT molecular complexity index is 987. The molecular formula is C17H20F3N5O2S. The minimum absolute atomic E-state index is 0.0601. The van der Waals surface area contributed by atoms with Gasteiger partial charge in [0.15, 0.2) is 0 Å². The summed E-state index contributed by atoms with van der Waals surface area (Å²) in [7, 11) is -4.23. The number of aryl methyl sites for hydroxylation is 1. The zero-order chi connectivity index (χ0) is 20.7. The van der Waals surface area contributed by atoms with Crippen LogP contribution in [0, 0.1) is 13.8 Å². The van der Waals surface area contributed by atoms with Gasteiger partial charge in [-0.05, 0) is 32.0 Å². The van der Waals surface area contributed by atoms with Crippen molar-refractivity contribution in [3.63, 3.8) is 0 Å². The fourth-order valence-electron chi connectivity index (χ4n) is 3.20. The van der Waals surface area contributed by atoms with Gasteiger partial charge in [-0.1, -0.05) is 0 Å². The predicted octanol–water partition coefficient (Wildman–Crippen LogP) is 2.09. The number of sulfonamides is 1. The van der Waals surface area contributed by atoms with E-state index in [1.807, 2.05) is 18.7 Å². The first-order chi connectivity index (χ1) is 13.0. The van der Waals surface area contributed by atoms with Crippen molar-refractivity contribution in [2.24, 2.45) is 5.14 Å². The second-order valence-corrected chi connectivity index (χ2v) is 8.16. The maximum atomic E-state index is 13.5. The number of hydrogen-bond donors (Lipinski definition) is 1. The van der Waals surface area contributed by atoms with Crippen LogP contribution in [0.3, 0.4) is 0 Å². The number of halogens is 3. The number of primary sulfonamides is 1. The van der Waals surface area contributed by atoms with Crippen LogP contribution < -0.4 is 14.9 Å². The summed E-state index contributed by atoms with van der Waals surface area (Å²) in [6, 6.07) is 2.86. The van der Waals surface area contributed by atoms with Gasteiger partial charge >= 0.3 is 6.18 Å². The molecule has 0 radical (unpaired) electrons. The summed E-state index contributed by atoms with van der Waals surface area (Å²) in [5.74, 6) is 0.771. The average Bonchev–Trinajstić information content (AvgIpc) is 2.62. The molecule has 1 aromatic heterocycles. The molecule has 1 saturated heterocycles. The van der Waals surface area contributed by atoms with E-state index in [1.165, 1.54) is 6.33 Å². The lowest BCUT2D eigenvalue weighted by atomic mass is 10.1. The van der Waals surface area contributed by atoms with Crippen LogP contribution >= 0.6 is 0 Å². The minimum Gasteiger partial charge on any atom is -0.367 e. The summed E-state index contributed by atoms with van der Waals surface area (Å²) in [5.41, 5.74) is 0.714. The number of benzene rings is 1. The van der Waals surface area contributed by atoms with Gasteiger partial charge in [-0.2, -0.15) is 13.2 Å². The van der Waals surface area contributed by atoms with E-state index in [1.54, 1.807) is 4.90 Å². The Labute approximate surface area is 161 Å². The quantitative estimate of drug-likeness (QED) is 0.825. The number of hydrogen-bond acceptors (Lipinski definition) is 6. The monoisotopic (exact) mass is 415 g/mol. The van der Waals surface area contributed by atoms with E-state index in [0.717, 1.165) is 29.2 Å². The van der Waals surface area contributed by atoms with E-state index < -0.39 is 26.7 Å². The number of piperazine rings is 1. The fourth-order valence-corrected chi connectivity index (χ4v) is 3.74. The van der Waals surface area contributed by atoms with Crippen LogP contribution in [-0.4, -0.2) is 44.6 Å². The van der Waals surface area contributed by atoms with Crippen LogP contribution in [0.2, 0.25) is 0 Å². The van der Waals surface area contributed by atoms with E-state index in [2.05, 4.69) is 9.97 Å². The SMILES string of the molecule is Cc1ncnc(N2CCN(c3ccc(S(N)(=O)=O)cc3C(F)(F)F)CC2)c1C. The van der Waals surface area contributed by atoms with E-state index in [9.17, 15) is 21.6 Å². The van der Waals surface area contributed by atoms with E-state index >= 15 is 0 Å². The molecule has 2 aromatic rings. The van der Waals surface area contributed by atoms with Crippen molar-refractivity contribution in [2.75, 3.05) is 36.0 Å². The van der Waals surface area contributed by atoms with Crippen LogP contribution in [0.15, 0.2) is 29.4 Å². The number of aromatic nitrogens is 2. The molecule has 0 bridgehead atoms. The van der Waals surface area contributed by atoms with Crippen molar-refractivity contribution in [1.29, 1.82) is 0 Å². The van der Waals surface area contributed by atoms with Crippen molar-refractivity contribution < 1.29 is 21.6 Å². The van der Waals surface area contributed by atoms with Crippen LogP contribution in [0.25, 0.3) is 0 Å². The Balaban J connectivity index is 1.87. The van der Waals surface area contributed by atoms with Crippen LogP contribution in [0.5, 0.6) is 0 Å². The summed E-state index contributed by atoms with van der Waals surface area (Å²) in [6.45, 7) is 5.40. The number of rotatable bonds is 3. The first-order valence-electron chi connectivity index (χ1n) is 8.50. The number of nitrogens with two attached hydrogens (primary N) is 1. The van der Waals surface area contributed by atoms with Gasteiger partial charge in [0, 0.05) is 43.1 Å². The minimum atomic E-state index is -4.70. The van der Waals surface area contributed by atoms with E-state index in [0.29, 0.717) is 32.2 Å². The lowest BCUT2D eigenvalue weighted by molar-refractivity contribution is -0.137. The molecule has 11 heteroatoms. The molecule has 2 N–H and O–H groups in total. The van der Waals surface area contributed by atoms with Crippen molar-refractivity contribution in [3.8, 4) is 0 Å². The van der Waals surface area contributed by atoms with Gasteiger partial charge in [0.05, 0.1) is 10.5 Å². The maximum Gasteiger partial charge on any atom is 0.418 e. The molecule has 0 spiro atoms. The van der Waals surface area contributed by atoms with Crippen molar-refractivity contribution >= 4 is 21.5 Å². The highest BCUT2D eigenvalue weighted by Gasteiger charge is 2.36. The molecule has 0 saturated carbocycles. The molecule has 0 unspecified atom stereocenters. The van der Waals surface area contributed by atoms with Crippen molar-refractivity contribution in [3.05, 3.63) is 41.3 Å². The number of anilines is 2. The lowest BCUT2D eigenvalue weighted by Crippen LogP contribution is -2.47. The molecule has 0 atom stereocenters. The first-order valence-corrected chi connectivity index (χ1v) is 10.1. The predicted molar refractivity (Wildman–Crippen MR) is 98.7 cm³/mol. The molecule has 2 heterocycles. The molecule has 0 aliphatic carbocycles. The number of alkyl halides is 3. The van der Waals surface area contributed by atoms with Crippen LogP contribution in [-0.2, 0) is 16.2 Å². The molecule has 1 aromatic carbocycles. The Morgan fingerprint density at radius 1 is 1.04 bits per heavy atom. The normalized spacial score (nSPS) is 15.8. The summed E-state index contributed by atoms with van der Waals surface area (Å²) < 4.78 is 63.4. The maximum absolute atomic E-state index is 13.5. The van der Waals surface area contributed by atoms with E-state index in [-0.39, 0.29) is 5.69 Å². The second-order valence-electron chi connectivity index (χ2n) is 6.60. The molecule has 28 heavy (non-hydrogen) atoms. The van der Waals surface area contributed by atoms with Gasteiger partial charge < -0.3 is 9.80 Å². The zero-order valence-electron chi connectivity index (χ0n) is 15.4. The third-order valence-corrected chi connectivity index (χ3v) is 5.74. The molecule has 1 fully saturated rings. The topological polar surface area (TPSA) is 92.4 Å². The van der Waals surface area contributed by atoms with Gasteiger partial charge in [-0.25, -0.2) is 23.5 Å². The van der Waals surface area contributed by atoms with Crippen LogP contribution in [0.4, 0.5) is 24.7 Å². The average molecular weight is 415 g/mol. The van der Waals surface area contributed by atoms with Crippen molar-refractivity contribution in [1.82, 2.24) is 9.97 Å². The molecular weight excluding hydrogens is 395 g/mol. The number of nitrogens with zero attached hydrogens (tertiary/aromatic N) is 4. The molecule has 152 valence electrons. The third-order valence-electron chi connectivity index (χ3n) is 4.83. The molecule has 1 aliphatic rings. The highest BCUT2D eigenvalue weighted by molar-refractivity contribution is 7.89. The molecule has 0 amide bonds. The Morgan fingerprint density at radius 2 is 1.64 bits per heavy atom. The van der Waals surface area contributed by atoms with Gasteiger partial charge in [0.1, 0.15) is 12.1 Å². The Hall–Kier alpha value is -2.40. The Morgan fingerprint density at radius 3 is 2.21 bits per heavy atom. The van der Waals surface area contributed by atoms with Crippen LogP contribution in [0.1, 0.15) is 16.8 Å². The Kier molecular flexibility index (Phi) is 5.24. The molecule has 3 rings (SSSR count). The first kappa shape index (κ1) is 20.3. The summed E-state index contributed by atoms with van der Waals surface area (Å²) >= 11 is 0. The van der Waals surface area contributed by atoms with Gasteiger partial charge in [-0.15, -0.1) is 0 Å². The zero-order valence-corrected chi connectivity index (χ0v) is 16.2. The third kappa shape index (κ3) is 4.04. The second kappa shape index (κ2) is 7.21. The highest BCUT2D eigenvalue weighted by atomic mass is 32.2. The smallest absolute Gasteiger partial charge is 0.367 e. The van der Waals surface area contributed by atoms with Crippen molar-refractivity contribution in [2.45, 2.75) is 24.9 Å².